The Labute approximate surface area is 148 Å². The molecule has 1 unspecified atom stereocenters. The van der Waals surface area contributed by atoms with Crippen LogP contribution < -0.4 is 10.1 Å². The minimum absolute atomic E-state index is 0.0709. The zero-order valence-corrected chi connectivity index (χ0v) is 15.2. The lowest BCUT2D eigenvalue weighted by Crippen LogP contribution is -2.47. The maximum Gasteiger partial charge on any atom is 0.349 e. The highest BCUT2D eigenvalue weighted by atomic mass is 35.5. The lowest BCUT2D eigenvalue weighted by Gasteiger charge is -2.27. The summed E-state index contributed by atoms with van der Waals surface area (Å²) in [6.45, 7) is 10.1. The van der Waals surface area contributed by atoms with E-state index in [1.165, 1.54) is 6.20 Å². The first kappa shape index (κ1) is 18.7. The summed E-state index contributed by atoms with van der Waals surface area (Å²) in [4.78, 5) is 16.7. The summed E-state index contributed by atoms with van der Waals surface area (Å²) in [5.74, 6) is 0.128. The van der Waals surface area contributed by atoms with Crippen molar-refractivity contribution in [3.63, 3.8) is 0 Å². The molecule has 1 aromatic rings. The van der Waals surface area contributed by atoms with Crippen LogP contribution in [0.25, 0.3) is 0 Å². The molecule has 0 saturated carbocycles. The normalized spacial score (nSPS) is 18.9. The van der Waals surface area contributed by atoms with Crippen molar-refractivity contribution in [1.29, 1.82) is 0 Å². The van der Waals surface area contributed by atoms with Crippen LogP contribution >= 0.6 is 11.6 Å². The number of allylic oxidation sites excluding steroid dienone is 1. The summed E-state index contributed by atoms with van der Waals surface area (Å²) in [6.07, 6.45) is 5.02. The van der Waals surface area contributed by atoms with Crippen molar-refractivity contribution >= 4 is 17.6 Å². The van der Waals surface area contributed by atoms with Crippen molar-refractivity contribution in [3.8, 4) is 5.75 Å². The van der Waals surface area contributed by atoms with Gasteiger partial charge in [0.2, 0.25) is 6.10 Å². The van der Waals surface area contributed by atoms with E-state index in [1.54, 1.807) is 12.1 Å². The molecule has 1 fully saturated rings. The molecule has 24 heavy (non-hydrogen) atoms. The minimum Gasteiger partial charge on any atom is -0.475 e. The second kappa shape index (κ2) is 7.99. The molecule has 0 radical (unpaired) electrons. The van der Waals surface area contributed by atoms with Gasteiger partial charge in [-0.1, -0.05) is 17.7 Å². The van der Waals surface area contributed by atoms with Gasteiger partial charge in [-0.25, -0.2) is 9.78 Å². The lowest BCUT2D eigenvalue weighted by atomic mass is 10.1. The minimum atomic E-state index is -0.716. The van der Waals surface area contributed by atoms with Crippen LogP contribution in [0.15, 0.2) is 24.9 Å². The Bertz CT molecular complexity index is 592. The molecule has 1 saturated heterocycles. The molecule has 1 aliphatic heterocycles. The van der Waals surface area contributed by atoms with Crippen LogP contribution in [0.1, 0.15) is 39.2 Å². The summed E-state index contributed by atoms with van der Waals surface area (Å²) < 4.78 is 11.5. The van der Waals surface area contributed by atoms with Crippen molar-refractivity contribution in [1.82, 2.24) is 10.3 Å². The molecular formula is C18H25ClN2O3. The van der Waals surface area contributed by atoms with Crippen molar-refractivity contribution < 1.29 is 14.3 Å². The van der Waals surface area contributed by atoms with Crippen molar-refractivity contribution in [3.05, 3.63) is 35.6 Å². The Morgan fingerprint density at radius 3 is 2.92 bits per heavy atom. The topological polar surface area (TPSA) is 60.5 Å². The van der Waals surface area contributed by atoms with Gasteiger partial charge in [0, 0.05) is 0 Å². The van der Waals surface area contributed by atoms with Gasteiger partial charge < -0.3 is 14.8 Å². The Morgan fingerprint density at radius 1 is 1.58 bits per heavy atom. The molecule has 1 N–H and O–H groups in total. The van der Waals surface area contributed by atoms with Crippen LogP contribution in [0.5, 0.6) is 5.75 Å². The third-order valence-electron chi connectivity index (χ3n) is 3.62. The molecule has 2 heterocycles. The summed E-state index contributed by atoms with van der Waals surface area (Å²) in [6, 6.07) is 1.72. The van der Waals surface area contributed by atoms with E-state index < -0.39 is 11.7 Å². The van der Waals surface area contributed by atoms with Gasteiger partial charge in [-0.05, 0) is 58.2 Å². The predicted octanol–water partition coefficient (Wildman–Crippen LogP) is 3.30. The van der Waals surface area contributed by atoms with E-state index in [1.807, 2.05) is 20.8 Å². The molecule has 0 aliphatic carbocycles. The average molecular weight is 353 g/mol. The molecule has 2 rings (SSSR count). The number of ether oxygens (including phenoxy) is 2. The Morgan fingerprint density at radius 2 is 2.33 bits per heavy atom. The highest BCUT2D eigenvalue weighted by Crippen LogP contribution is 2.24. The van der Waals surface area contributed by atoms with Crippen molar-refractivity contribution in [2.45, 2.75) is 57.8 Å². The fourth-order valence-electron chi connectivity index (χ4n) is 2.61. The maximum atomic E-state index is 12.6. The molecular weight excluding hydrogens is 328 g/mol. The molecule has 1 aliphatic rings. The smallest absolute Gasteiger partial charge is 0.349 e. The van der Waals surface area contributed by atoms with Gasteiger partial charge in [0.15, 0.2) is 0 Å². The third kappa shape index (κ3) is 5.21. The number of nitrogens with one attached hydrogen (secondary N) is 1. The van der Waals surface area contributed by atoms with Crippen LogP contribution in [0.3, 0.4) is 0 Å². The highest BCUT2D eigenvalue weighted by molar-refractivity contribution is 6.30. The van der Waals surface area contributed by atoms with Crippen LogP contribution in [-0.4, -0.2) is 35.2 Å². The molecule has 0 spiro atoms. The van der Waals surface area contributed by atoms with E-state index in [2.05, 4.69) is 16.9 Å². The number of carbonyl (C=O) groups is 1. The number of rotatable bonds is 6. The molecule has 6 heteroatoms. The van der Waals surface area contributed by atoms with Crippen LogP contribution in [-0.2, 0) is 16.0 Å². The fraction of sp³-hybridized carbons (Fsp3) is 0.556. The summed E-state index contributed by atoms with van der Waals surface area (Å²) in [5, 5.41) is 3.72. The van der Waals surface area contributed by atoms with Crippen molar-refractivity contribution in [2.75, 3.05) is 6.54 Å². The third-order valence-corrected chi connectivity index (χ3v) is 3.96. The van der Waals surface area contributed by atoms with Crippen LogP contribution in [0.4, 0.5) is 0 Å². The molecule has 0 aromatic carbocycles. The first-order chi connectivity index (χ1) is 11.3. The molecule has 1 aromatic heterocycles. The van der Waals surface area contributed by atoms with E-state index in [0.29, 0.717) is 17.3 Å². The standard InChI is InChI=1S/C18H25ClN2O3/c1-5-7-12-10-13(11-21-16(12)19)23-15(14-8-6-9-20-14)17(22)24-18(2,3)4/h5,10-11,14-15,20H,1,6-9H2,2-4H3/t14-,15?/m1/s1. The van der Waals surface area contributed by atoms with E-state index in [-0.39, 0.29) is 12.0 Å². The second-order valence-electron chi connectivity index (χ2n) is 6.89. The van der Waals surface area contributed by atoms with Gasteiger partial charge in [-0.3, -0.25) is 0 Å². The maximum absolute atomic E-state index is 12.6. The monoisotopic (exact) mass is 352 g/mol. The number of esters is 1. The fourth-order valence-corrected chi connectivity index (χ4v) is 2.79. The van der Waals surface area contributed by atoms with Crippen LogP contribution in [0.2, 0.25) is 5.15 Å². The zero-order chi connectivity index (χ0) is 17.7. The number of pyridine rings is 1. The van der Waals surface area contributed by atoms with Gasteiger partial charge >= 0.3 is 5.97 Å². The first-order valence-corrected chi connectivity index (χ1v) is 8.56. The Kier molecular flexibility index (Phi) is 6.24. The Balaban J connectivity index is 2.20. The number of carbonyl (C=O) groups excluding carboxylic acids is 1. The zero-order valence-electron chi connectivity index (χ0n) is 14.5. The number of halogens is 1. The average Bonchev–Trinajstić information content (AvgIpc) is 3.00. The lowest BCUT2D eigenvalue weighted by molar-refractivity contribution is -0.164. The van der Waals surface area contributed by atoms with E-state index in [4.69, 9.17) is 21.1 Å². The van der Waals surface area contributed by atoms with Gasteiger partial charge in [-0.15, -0.1) is 6.58 Å². The van der Waals surface area contributed by atoms with Gasteiger partial charge in [0.1, 0.15) is 16.5 Å². The number of hydrogen-bond donors (Lipinski definition) is 1. The predicted molar refractivity (Wildman–Crippen MR) is 94.4 cm³/mol. The second-order valence-corrected chi connectivity index (χ2v) is 7.25. The van der Waals surface area contributed by atoms with E-state index in [0.717, 1.165) is 24.9 Å². The SMILES string of the molecule is C=CCc1cc(OC(C(=O)OC(C)(C)C)[C@H]2CCCN2)cnc1Cl. The van der Waals surface area contributed by atoms with Crippen LogP contribution in [0, 0.1) is 0 Å². The van der Waals surface area contributed by atoms with E-state index >= 15 is 0 Å². The number of hydrogen-bond acceptors (Lipinski definition) is 5. The van der Waals surface area contributed by atoms with Gasteiger partial charge in [0.05, 0.1) is 12.2 Å². The molecule has 132 valence electrons. The Hall–Kier alpha value is -1.59. The summed E-state index contributed by atoms with van der Waals surface area (Å²) >= 11 is 6.07. The molecule has 2 atom stereocenters. The molecule has 0 bridgehead atoms. The number of nitrogens with zero attached hydrogens (tertiary/aromatic N) is 1. The first-order valence-electron chi connectivity index (χ1n) is 8.18. The highest BCUT2D eigenvalue weighted by Gasteiger charge is 2.35. The van der Waals surface area contributed by atoms with Gasteiger partial charge in [-0.2, -0.15) is 0 Å². The quantitative estimate of drug-likeness (QED) is 0.483. The van der Waals surface area contributed by atoms with E-state index in [9.17, 15) is 4.79 Å². The molecule has 5 nitrogen and oxygen atoms in total. The summed E-state index contributed by atoms with van der Waals surface area (Å²) in [5.41, 5.74) is 0.246. The van der Waals surface area contributed by atoms with Crippen molar-refractivity contribution in [2.24, 2.45) is 0 Å². The van der Waals surface area contributed by atoms with Gasteiger partial charge in [0.25, 0.3) is 0 Å². The molecule has 0 amide bonds. The summed E-state index contributed by atoms with van der Waals surface area (Å²) in [7, 11) is 0. The largest absolute Gasteiger partial charge is 0.475 e. The number of aromatic nitrogens is 1.